The van der Waals surface area contributed by atoms with Crippen molar-refractivity contribution in [2.24, 2.45) is 0 Å². The molecule has 0 spiro atoms. The van der Waals surface area contributed by atoms with Crippen LogP contribution >= 0.6 is 0 Å². The summed E-state index contributed by atoms with van der Waals surface area (Å²) in [6.07, 6.45) is -3.70. The van der Waals surface area contributed by atoms with Crippen LogP contribution < -0.4 is 11.2 Å². The molecule has 2 heterocycles. The Morgan fingerprint density at radius 1 is 0.944 bits per heavy atom. The summed E-state index contributed by atoms with van der Waals surface area (Å²) < 4.78 is 68.1. The van der Waals surface area contributed by atoms with E-state index in [1.54, 1.807) is 12.1 Å². The van der Waals surface area contributed by atoms with Crippen LogP contribution in [0.25, 0.3) is 0 Å². The lowest BCUT2D eigenvalue weighted by atomic mass is 9.96. The summed E-state index contributed by atoms with van der Waals surface area (Å²) >= 11 is 0. The summed E-state index contributed by atoms with van der Waals surface area (Å²) in [6, 6.07) is 15.3. The van der Waals surface area contributed by atoms with Gasteiger partial charge in [0, 0.05) is 12.3 Å². The zero-order valence-corrected chi connectivity index (χ0v) is 20.4. The number of nitrogens with zero attached hydrogens (tertiary/aromatic N) is 1. The molecular formula is C22H22N2O10S2. The molecule has 36 heavy (non-hydrogen) atoms. The van der Waals surface area contributed by atoms with Crippen LogP contribution in [0.15, 0.2) is 92.3 Å². The average Bonchev–Trinajstić information content (AvgIpc) is 3.08. The van der Waals surface area contributed by atoms with E-state index in [2.05, 4.69) is 0 Å². The number of H-pyrrole nitrogens is 1. The van der Waals surface area contributed by atoms with Crippen LogP contribution in [0.2, 0.25) is 0 Å². The van der Waals surface area contributed by atoms with E-state index in [0.717, 1.165) is 23.8 Å². The molecule has 1 aliphatic rings. The van der Waals surface area contributed by atoms with E-state index in [1.807, 2.05) is 4.98 Å². The molecule has 0 aliphatic carbocycles. The number of ether oxygens (including phenoxy) is 1. The number of aliphatic hydroxyl groups is 1. The first-order chi connectivity index (χ1) is 16.9. The molecule has 3 aromatic rings. The van der Waals surface area contributed by atoms with Gasteiger partial charge in [0.25, 0.3) is 25.8 Å². The Kier molecular flexibility index (Phi) is 7.01. The summed E-state index contributed by atoms with van der Waals surface area (Å²) in [4.78, 5) is 25.5. The van der Waals surface area contributed by atoms with Crippen LogP contribution in [0.4, 0.5) is 0 Å². The molecule has 2 N–H and O–H groups in total. The van der Waals surface area contributed by atoms with Crippen LogP contribution in [-0.4, -0.2) is 55.9 Å². The van der Waals surface area contributed by atoms with Gasteiger partial charge < -0.3 is 9.84 Å². The Morgan fingerprint density at radius 2 is 1.50 bits per heavy atom. The number of hydrogen-bond acceptors (Lipinski definition) is 10. The van der Waals surface area contributed by atoms with Crippen LogP contribution in [0.5, 0.6) is 0 Å². The summed E-state index contributed by atoms with van der Waals surface area (Å²) in [5.74, 6) is 0. The predicted octanol–water partition coefficient (Wildman–Crippen LogP) is 0.365. The van der Waals surface area contributed by atoms with Crippen molar-refractivity contribution < 1.29 is 35.0 Å². The number of aromatic amines is 1. The standard InChI is InChI=1S/C22H22N2O10S2/c1-22(27)19(34-36(30,31)16-10-6-3-7-11-16)17(14-32-35(28,29)15-8-4-2-5-9-15)33-20(22)24-13-12-18(25)23-21(24)26/h2-13,17,19-20,27H,14H2,1H3,(H,23,25,26)/t17?,19-,20?,22+/m1/s1. The SMILES string of the molecule is C[C@@]1(O)C(n2ccc(=O)[nH]c2=O)OC(COS(=O)(=O)c2ccccc2)[C@H]1OS(=O)(=O)c1ccccc1. The molecule has 4 rings (SSSR count). The predicted molar refractivity (Wildman–Crippen MR) is 124 cm³/mol. The first-order valence-electron chi connectivity index (χ1n) is 10.5. The topological polar surface area (TPSA) is 171 Å². The van der Waals surface area contributed by atoms with E-state index in [4.69, 9.17) is 13.1 Å². The zero-order chi connectivity index (χ0) is 26.1. The van der Waals surface area contributed by atoms with Gasteiger partial charge in [-0.2, -0.15) is 16.8 Å². The van der Waals surface area contributed by atoms with Gasteiger partial charge in [-0.05, 0) is 31.2 Å². The van der Waals surface area contributed by atoms with Gasteiger partial charge in [-0.1, -0.05) is 36.4 Å². The maximum Gasteiger partial charge on any atom is 0.330 e. The highest BCUT2D eigenvalue weighted by Crippen LogP contribution is 2.41. The summed E-state index contributed by atoms with van der Waals surface area (Å²) in [5.41, 5.74) is -3.85. The molecule has 2 aromatic carbocycles. The van der Waals surface area contributed by atoms with Crippen molar-refractivity contribution in [2.75, 3.05) is 6.61 Å². The maximum atomic E-state index is 12.9. The van der Waals surface area contributed by atoms with E-state index in [9.17, 15) is 31.5 Å². The van der Waals surface area contributed by atoms with E-state index in [-0.39, 0.29) is 9.79 Å². The molecule has 12 nitrogen and oxygen atoms in total. The van der Waals surface area contributed by atoms with Crippen molar-refractivity contribution >= 4 is 20.2 Å². The van der Waals surface area contributed by atoms with Crippen molar-refractivity contribution in [3.63, 3.8) is 0 Å². The van der Waals surface area contributed by atoms with E-state index < -0.39 is 62.1 Å². The number of benzene rings is 2. The minimum absolute atomic E-state index is 0.155. The molecule has 1 fully saturated rings. The van der Waals surface area contributed by atoms with Crippen LogP contribution in [0.3, 0.4) is 0 Å². The Balaban J connectivity index is 1.69. The van der Waals surface area contributed by atoms with Crippen LogP contribution in [-0.2, 0) is 33.3 Å². The molecule has 0 saturated carbocycles. The first-order valence-corrected chi connectivity index (χ1v) is 13.4. The van der Waals surface area contributed by atoms with Crippen molar-refractivity contribution in [1.82, 2.24) is 9.55 Å². The molecular weight excluding hydrogens is 516 g/mol. The summed E-state index contributed by atoms with van der Waals surface area (Å²) in [5, 5.41) is 11.3. The molecule has 1 saturated heterocycles. The van der Waals surface area contributed by atoms with Gasteiger partial charge in [0.2, 0.25) is 0 Å². The number of hydrogen-bond donors (Lipinski definition) is 2. The number of nitrogens with one attached hydrogen (secondary N) is 1. The quantitative estimate of drug-likeness (QED) is 0.382. The van der Waals surface area contributed by atoms with Crippen LogP contribution in [0, 0.1) is 0 Å². The molecule has 4 atom stereocenters. The molecule has 192 valence electrons. The molecule has 1 aliphatic heterocycles. The smallest absolute Gasteiger partial charge is 0.330 e. The highest BCUT2D eigenvalue weighted by atomic mass is 32.2. The fraction of sp³-hybridized carbons (Fsp3) is 0.273. The highest BCUT2D eigenvalue weighted by Gasteiger charge is 2.57. The Hall–Kier alpha value is -3.14. The van der Waals surface area contributed by atoms with Gasteiger partial charge in [0.05, 0.1) is 16.4 Å². The lowest BCUT2D eigenvalue weighted by Crippen LogP contribution is -2.49. The third-order valence-electron chi connectivity index (χ3n) is 5.50. The molecule has 0 bridgehead atoms. The fourth-order valence-corrected chi connectivity index (χ4v) is 5.86. The van der Waals surface area contributed by atoms with Gasteiger partial charge in [0.15, 0.2) is 6.23 Å². The summed E-state index contributed by atoms with van der Waals surface area (Å²) in [7, 11) is -8.75. The molecule has 14 heteroatoms. The first kappa shape index (κ1) is 25.9. The Labute approximate surface area is 206 Å². The van der Waals surface area contributed by atoms with E-state index in [0.29, 0.717) is 0 Å². The minimum atomic E-state index is -4.47. The third-order valence-corrected chi connectivity index (χ3v) is 8.11. The Bertz CT molecular complexity index is 1550. The monoisotopic (exact) mass is 538 g/mol. The second kappa shape index (κ2) is 9.72. The molecule has 1 aromatic heterocycles. The number of rotatable bonds is 8. The summed E-state index contributed by atoms with van der Waals surface area (Å²) in [6.45, 7) is 0.406. The average molecular weight is 539 g/mol. The van der Waals surface area contributed by atoms with E-state index in [1.165, 1.54) is 48.5 Å². The van der Waals surface area contributed by atoms with Gasteiger partial charge in [0.1, 0.15) is 17.8 Å². The number of aromatic nitrogens is 2. The maximum absolute atomic E-state index is 12.9. The molecule has 0 radical (unpaired) electrons. The molecule has 2 unspecified atom stereocenters. The van der Waals surface area contributed by atoms with Gasteiger partial charge in [-0.3, -0.25) is 22.7 Å². The molecule has 0 amide bonds. The minimum Gasteiger partial charge on any atom is -0.383 e. The lowest BCUT2D eigenvalue weighted by molar-refractivity contribution is -0.0953. The normalized spacial score (nSPS) is 24.6. The highest BCUT2D eigenvalue weighted by molar-refractivity contribution is 7.87. The Morgan fingerprint density at radius 3 is 2.06 bits per heavy atom. The van der Waals surface area contributed by atoms with Crippen molar-refractivity contribution in [3.05, 3.63) is 93.8 Å². The van der Waals surface area contributed by atoms with Gasteiger partial charge >= 0.3 is 5.69 Å². The second-order valence-corrected chi connectivity index (χ2v) is 11.3. The van der Waals surface area contributed by atoms with Crippen molar-refractivity contribution in [3.8, 4) is 0 Å². The second-order valence-electron chi connectivity index (χ2n) is 8.11. The van der Waals surface area contributed by atoms with E-state index >= 15 is 0 Å². The third kappa shape index (κ3) is 5.18. The lowest BCUT2D eigenvalue weighted by Gasteiger charge is -2.29. The zero-order valence-electron chi connectivity index (χ0n) is 18.8. The van der Waals surface area contributed by atoms with Crippen molar-refractivity contribution in [1.29, 1.82) is 0 Å². The fourth-order valence-electron chi connectivity index (χ4n) is 3.73. The largest absolute Gasteiger partial charge is 0.383 e. The van der Waals surface area contributed by atoms with Gasteiger partial charge in [-0.25, -0.2) is 4.79 Å². The van der Waals surface area contributed by atoms with Crippen molar-refractivity contribution in [2.45, 2.75) is 40.8 Å². The van der Waals surface area contributed by atoms with Gasteiger partial charge in [-0.15, -0.1) is 0 Å². The van der Waals surface area contributed by atoms with Crippen LogP contribution in [0.1, 0.15) is 13.2 Å².